The molecule has 0 spiro atoms. The standard InChI is InChI=1S/C9H16N2O2/c10-9(3-1-4-9)8(13)11-5-2-7(12)6-11/h7,12H,1-6,10H2/t7-/m0/s1. The normalized spacial score (nSPS) is 31.5. The van der Waals surface area contributed by atoms with E-state index in [2.05, 4.69) is 0 Å². The summed E-state index contributed by atoms with van der Waals surface area (Å²) in [5, 5.41) is 9.27. The first-order valence-corrected chi connectivity index (χ1v) is 4.88. The van der Waals surface area contributed by atoms with Gasteiger partial charge in [-0.2, -0.15) is 0 Å². The quantitative estimate of drug-likeness (QED) is 0.575. The molecule has 3 N–H and O–H groups in total. The third-order valence-corrected chi connectivity index (χ3v) is 3.12. The van der Waals surface area contributed by atoms with Crippen LogP contribution in [0.2, 0.25) is 0 Å². The lowest BCUT2D eigenvalue weighted by molar-refractivity contribution is -0.139. The fourth-order valence-corrected chi connectivity index (χ4v) is 2.01. The van der Waals surface area contributed by atoms with Crippen molar-refractivity contribution in [2.24, 2.45) is 5.73 Å². The number of hydrogen-bond donors (Lipinski definition) is 2. The molecular weight excluding hydrogens is 168 g/mol. The van der Waals surface area contributed by atoms with Gasteiger partial charge in [0, 0.05) is 13.1 Å². The zero-order valence-electron chi connectivity index (χ0n) is 7.70. The van der Waals surface area contributed by atoms with Gasteiger partial charge in [0.15, 0.2) is 0 Å². The summed E-state index contributed by atoms with van der Waals surface area (Å²) < 4.78 is 0. The number of carbonyl (C=O) groups is 1. The van der Waals surface area contributed by atoms with Gasteiger partial charge in [-0.05, 0) is 25.7 Å². The highest BCUT2D eigenvalue weighted by atomic mass is 16.3. The molecule has 0 aromatic heterocycles. The Morgan fingerprint density at radius 3 is 2.62 bits per heavy atom. The van der Waals surface area contributed by atoms with E-state index in [9.17, 15) is 9.90 Å². The van der Waals surface area contributed by atoms with E-state index in [1.807, 2.05) is 0 Å². The molecule has 1 amide bonds. The van der Waals surface area contributed by atoms with E-state index in [4.69, 9.17) is 5.73 Å². The third kappa shape index (κ3) is 1.44. The molecule has 0 aromatic carbocycles. The lowest BCUT2D eigenvalue weighted by atomic mass is 9.76. The summed E-state index contributed by atoms with van der Waals surface area (Å²) in [6.45, 7) is 1.14. The van der Waals surface area contributed by atoms with Crippen molar-refractivity contribution in [1.29, 1.82) is 0 Å². The van der Waals surface area contributed by atoms with Gasteiger partial charge in [-0.3, -0.25) is 4.79 Å². The first-order valence-electron chi connectivity index (χ1n) is 4.88. The van der Waals surface area contributed by atoms with Gasteiger partial charge in [0.25, 0.3) is 0 Å². The first kappa shape index (κ1) is 8.97. The molecule has 0 unspecified atom stereocenters. The summed E-state index contributed by atoms with van der Waals surface area (Å²) in [6.07, 6.45) is 3.02. The van der Waals surface area contributed by atoms with E-state index < -0.39 is 5.54 Å². The Labute approximate surface area is 77.7 Å². The van der Waals surface area contributed by atoms with Crippen molar-refractivity contribution in [3.8, 4) is 0 Å². The number of likely N-dealkylation sites (tertiary alicyclic amines) is 1. The topological polar surface area (TPSA) is 66.6 Å². The minimum atomic E-state index is -0.593. The van der Waals surface area contributed by atoms with Crippen molar-refractivity contribution in [3.63, 3.8) is 0 Å². The Kier molecular flexibility index (Phi) is 2.04. The average Bonchev–Trinajstić information content (AvgIpc) is 2.46. The molecule has 4 nitrogen and oxygen atoms in total. The van der Waals surface area contributed by atoms with Crippen LogP contribution in [0.3, 0.4) is 0 Å². The zero-order valence-corrected chi connectivity index (χ0v) is 7.70. The number of aliphatic hydroxyl groups is 1. The molecule has 1 aliphatic heterocycles. The summed E-state index contributed by atoms with van der Waals surface area (Å²) in [5.74, 6) is 0.0373. The molecular formula is C9H16N2O2. The lowest BCUT2D eigenvalue weighted by Crippen LogP contribution is -2.59. The van der Waals surface area contributed by atoms with Crippen molar-refractivity contribution in [1.82, 2.24) is 4.90 Å². The van der Waals surface area contributed by atoms with E-state index in [0.717, 1.165) is 19.3 Å². The second kappa shape index (κ2) is 2.96. The molecule has 1 saturated carbocycles. The van der Waals surface area contributed by atoms with Crippen LogP contribution in [-0.4, -0.2) is 40.6 Å². The van der Waals surface area contributed by atoms with Gasteiger partial charge >= 0.3 is 0 Å². The van der Waals surface area contributed by atoms with Crippen LogP contribution in [0.15, 0.2) is 0 Å². The molecule has 0 aromatic rings. The number of aliphatic hydroxyl groups excluding tert-OH is 1. The fourth-order valence-electron chi connectivity index (χ4n) is 2.01. The molecule has 1 atom stereocenters. The molecule has 0 radical (unpaired) electrons. The molecule has 74 valence electrons. The van der Waals surface area contributed by atoms with E-state index in [-0.39, 0.29) is 12.0 Å². The van der Waals surface area contributed by atoms with Gasteiger partial charge in [0.2, 0.25) is 5.91 Å². The van der Waals surface area contributed by atoms with Crippen LogP contribution in [0.1, 0.15) is 25.7 Å². The summed E-state index contributed by atoms with van der Waals surface area (Å²) in [6, 6.07) is 0. The van der Waals surface area contributed by atoms with E-state index in [1.165, 1.54) is 0 Å². The molecule has 1 saturated heterocycles. The highest BCUT2D eigenvalue weighted by Crippen LogP contribution is 2.31. The van der Waals surface area contributed by atoms with Crippen LogP contribution in [-0.2, 0) is 4.79 Å². The van der Waals surface area contributed by atoms with Gasteiger partial charge < -0.3 is 15.7 Å². The van der Waals surface area contributed by atoms with Crippen molar-refractivity contribution >= 4 is 5.91 Å². The van der Waals surface area contributed by atoms with Gasteiger partial charge in [-0.15, -0.1) is 0 Å². The van der Waals surface area contributed by atoms with Crippen LogP contribution in [0.25, 0.3) is 0 Å². The van der Waals surface area contributed by atoms with E-state index in [1.54, 1.807) is 4.90 Å². The van der Waals surface area contributed by atoms with Crippen LogP contribution < -0.4 is 5.73 Å². The Hall–Kier alpha value is -0.610. The molecule has 13 heavy (non-hydrogen) atoms. The highest BCUT2D eigenvalue weighted by molar-refractivity contribution is 5.87. The second-order valence-electron chi connectivity index (χ2n) is 4.20. The summed E-state index contributed by atoms with van der Waals surface area (Å²) in [7, 11) is 0. The maximum Gasteiger partial charge on any atom is 0.242 e. The Balaban J connectivity index is 1.97. The Bertz CT molecular complexity index is 226. The minimum absolute atomic E-state index is 0.0373. The number of rotatable bonds is 1. The number of amides is 1. The maximum absolute atomic E-state index is 11.8. The molecule has 2 rings (SSSR count). The van der Waals surface area contributed by atoms with Crippen LogP contribution in [0.4, 0.5) is 0 Å². The Morgan fingerprint density at radius 2 is 2.23 bits per heavy atom. The van der Waals surface area contributed by atoms with E-state index >= 15 is 0 Å². The maximum atomic E-state index is 11.8. The average molecular weight is 184 g/mol. The molecule has 0 bridgehead atoms. The monoisotopic (exact) mass is 184 g/mol. The SMILES string of the molecule is NC1(C(=O)N2CC[C@H](O)C2)CCC1. The highest BCUT2D eigenvalue weighted by Gasteiger charge is 2.43. The summed E-state index contributed by atoms with van der Waals surface area (Å²) >= 11 is 0. The summed E-state index contributed by atoms with van der Waals surface area (Å²) in [5.41, 5.74) is 5.31. The van der Waals surface area contributed by atoms with Gasteiger partial charge in [-0.25, -0.2) is 0 Å². The van der Waals surface area contributed by atoms with Crippen molar-refractivity contribution in [3.05, 3.63) is 0 Å². The number of carbonyl (C=O) groups excluding carboxylic acids is 1. The molecule has 2 fully saturated rings. The van der Waals surface area contributed by atoms with Crippen molar-refractivity contribution in [2.75, 3.05) is 13.1 Å². The van der Waals surface area contributed by atoms with Crippen molar-refractivity contribution < 1.29 is 9.90 Å². The number of nitrogens with two attached hydrogens (primary N) is 1. The molecule has 1 aliphatic carbocycles. The zero-order chi connectivity index (χ0) is 9.47. The predicted molar refractivity (Wildman–Crippen MR) is 48.0 cm³/mol. The Morgan fingerprint density at radius 1 is 1.54 bits per heavy atom. The van der Waals surface area contributed by atoms with Crippen molar-refractivity contribution in [2.45, 2.75) is 37.3 Å². The number of nitrogens with zero attached hydrogens (tertiary/aromatic N) is 1. The van der Waals surface area contributed by atoms with Crippen LogP contribution >= 0.6 is 0 Å². The lowest BCUT2D eigenvalue weighted by Gasteiger charge is -2.39. The van der Waals surface area contributed by atoms with Crippen LogP contribution in [0.5, 0.6) is 0 Å². The first-order chi connectivity index (χ1) is 6.12. The number of β-amino-alcohol motifs (C(OH)–C–C–N with tert-alkyl or cyclic N) is 1. The molecule has 1 heterocycles. The third-order valence-electron chi connectivity index (χ3n) is 3.12. The van der Waals surface area contributed by atoms with Gasteiger partial charge in [-0.1, -0.05) is 0 Å². The molecule has 2 aliphatic rings. The smallest absolute Gasteiger partial charge is 0.242 e. The van der Waals surface area contributed by atoms with E-state index in [0.29, 0.717) is 19.5 Å². The summed E-state index contributed by atoms with van der Waals surface area (Å²) in [4.78, 5) is 13.5. The van der Waals surface area contributed by atoms with Gasteiger partial charge in [0.05, 0.1) is 11.6 Å². The molecule has 4 heteroatoms. The second-order valence-corrected chi connectivity index (χ2v) is 4.20. The number of hydrogen-bond acceptors (Lipinski definition) is 3. The van der Waals surface area contributed by atoms with Crippen LogP contribution in [0, 0.1) is 0 Å². The minimum Gasteiger partial charge on any atom is -0.391 e. The largest absolute Gasteiger partial charge is 0.391 e. The van der Waals surface area contributed by atoms with Gasteiger partial charge in [0.1, 0.15) is 0 Å². The predicted octanol–water partition coefficient (Wildman–Crippen LogP) is -0.539. The fraction of sp³-hybridized carbons (Fsp3) is 0.889.